The predicted octanol–water partition coefficient (Wildman–Crippen LogP) is 0.860. The Morgan fingerprint density at radius 3 is 2.44 bits per heavy atom. The van der Waals surface area contributed by atoms with Gasteiger partial charge < -0.3 is 10.0 Å². The molecular formula is C11H14N2O3. The molecule has 1 atom stereocenters. The summed E-state index contributed by atoms with van der Waals surface area (Å²) in [7, 11) is 1.45. The number of carbonyl (C=O) groups is 2. The van der Waals surface area contributed by atoms with Crippen molar-refractivity contribution >= 4 is 11.9 Å². The van der Waals surface area contributed by atoms with Crippen LogP contribution in [0.25, 0.3) is 0 Å². The first kappa shape index (κ1) is 12.2. The molecule has 1 unspecified atom stereocenters. The van der Waals surface area contributed by atoms with Crippen LogP contribution in [0.3, 0.4) is 0 Å². The van der Waals surface area contributed by atoms with Crippen molar-refractivity contribution in [3.8, 4) is 0 Å². The molecule has 5 nitrogen and oxygen atoms in total. The molecule has 0 fully saturated rings. The lowest BCUT2D eigenvalue weighted by molar-refractivity contribution is -0.156. The molecule has 0 bridgehead atoms. The van der Waals surface area contributed by atoms with Crippen LogP contribution in [0, 0.1) is 0 Å². The van der Waals surface area contributed by atoms with Gasteiger partial charge in [-0.3, -0.25) is 9.78 Å². The molecule has 5 heteroatoms. The number of amides is 1. The van der Waals surface area contributed by atoms with Crippen LogP contribution >= 0.6 is 0 Å². The molecule has 0 aliphatic carbocycles. The summed E-state index contributed by atoms with van der Waals surface area (Å²) < 4.78 is 0. The van der Waals surface area contributed by atoms with Crippen LogP contribution in [0.15, 0.2) is 24.4 Å². The SMILES string of the molecule is CC(=O)N(C)C(C)(C(=O)O)c1ccccn1. The lowest BCUT2D eigenvalue weighted by Gasteiger charge is -2.33. The summed E-state index contributed by atoms with van der Waals surface area (Å²) in [5.74, 6) is -1.43. The van der Waals surface area contributed by atoms with Gasteiger partial charge in [0, 0.05) is 20.2 Å². The predicted molar refractivity (Wildman–Crippen MR) is 57.7 cm³/mol. The zero-order valence-corrected chi connectivity index (χ0v) is 9.47. The highest BCUT2D eigenvalue weighted by atomic mass is 16.4. The maximum Gasteiger partial charge on any atom is 0.335 e. The minimum atomic E-state index is -1.44. The second-order valence-electron chi connectivity index (χ2n) is 3.67. The Labute approximate surface area is 93.7 Å². The molecule has 1 aromatic heterocycles. The smallest absolute Gasteiger partial charge is 0.335 e. The fourth-order valence-electron chi connectivity index (χ4n) is 1.39. The molecule has 16 heavy (non-hydrogen) atoms. The van der Waals surface area contributed by atoms with Gasteiger partial charge in [-0.2, -0.15) is 0 Å². The maximum absolute atomic E-state index is 11.3. The zero-order valence-electron chi connectivity index (χ0n) is 9.47. The number of carbonyl (C=O) groups excluding carboxylic acids is 1. The number of hydrogen-bond donors (Lipinski definition) is 1. The maximum atomic E-state index is 11.3. The minimum absolute atomic E-state index is 0.324. The summed E-state index contributed by atoms with van der Waals surface area (Å²) in [6.07, 6.45) is 1.50. The highest BCUT2D eigenvalue weighted by molar-refractivity contribution is 5.86. The van der Waals surface area contributed by atoms with E-state index in [1.807, 2.05) is 0 Å². The monoisotopic (exact) mass is 222 g/mol. The number of carboxylic acid groups (broad SMARTS) is 1. The number of carboxylic acids is 1. The van der Waals surface area contributed by atoms with Crippen LogP contribution < -0.4 is 0 Å². The number of aliphatic carboxylic acids is 1. The zero-order chi connectivity index (χ0) is 12.3. The van der Waals surface area contributed by atoms with Crippen molar-refractivity contribution in [2.75, 3.05) is 7.05 Å². The van der Waals surface area contributed by atoms with Gasteiger partial charge in [-0.25, -0.2) is 4.79 Å². The van der Waals surface area contributed by atoms with Crippen molar-refractivity contribution in [2.24, 2.45) is 0 Å². The summed E-state index contributed by atoms with van der Waals surface area (Å²) in [6.45, 7) is 2.78. The van der Waals surface area contributed by atoms with E-state index in [4.69, 9.17) is 0 Å². The van der Waals surface area contributed by atoms with E-state index in [2.05, 4.69) is 4.98 Å². The van der Waals surface area contributed by atoms with E-state index in [0.717, 1.165) is 4.90 Å². The number of pyridine rings is 1. The van der Waals surface area contributed by atoms with E-state index < -0.39 is 11.5 Å². The molecule has 0 saturated carbocycles. The fourth-order valence-corrected chi connectivity index (χ4v) is 1.39. The van der Waals surface area contributed by atoms with E-state index in [1.165, 1.54) is 27.1 Å². The highest BCUT2D eigenvalue weighted by Gasteiger charge is 2.42. The Bertz CT molecular complexity index is 405. The molecule has 0 spiro atoms. The van der Waals surface area contributed by atoms with Crippen molar-refractivity contribution < 1.29 is 14.7 Å². The Morgan fingerprint density at radius 1 is 1.44 bits per heavy atom. The molecule has 1 heterocycles. The van der Waals surface area contributed by atoms with Gasteiger partial charge >= 0.3 is 5.97 Å². The molecule has 86 valence electrons. The van der Waals surface area contributed by atoms with Crippen LogP contribution in [0.1, 0.15) is 19.5 Å². The van der Waals surface area contributed by atoms with Crippen LogP contribution in [0.4, 0.5) is 0 Å². The third-order valence-corrected chi connectivity index (χ3v) is 2.72. The molecule has 0 saturated heterocycles. The van der Waals surface area contributed by atoms with E-state index >= 15 is 0 Å². The topological polar surface area (TPSA) is 70.5 Å². The second-order valence-corrected chi connectivity index (χ2v) is 3.67. The fraction of sp³-hybridized carbons (Fsp3) is 0.364. The molecule has 0 aliphatic rings. The number of hydrogen-bond acceptors (Lipinski definition) is 3. The summed E-state index contributed by atoms with van der Waals surface area (Å²) >= 11 is 0. The van der Waals surface area contributed by atoms with Crippen molar-refractivity contribution in [2.45, 2.75) is 19.4 Å². The average molecular weight is 222 g/mol. The number of rotatable bonds is 3. The molecule has 0 aliphatic heterocycles. The molecule has 1 N–H and O–H groups in total. The second kappa shape index (κ2) is 4.30. The number of nitrogens with zero attached hydrogens (tertiary/aromatic N) is 2. The van der Waals surface area contributed by atoms with Crippen molar-refractivity contribution in [1.29, 1.82) is 0 Å². The van der Waals surface area contributed by atoms with Crippen LogP contribution in [-0.2, 0) is 15.1 Å². The van der Waals surface area contributed by atoms with Gasteiger partial charge in [0.1, 0.15) is 0 Å². The summed E-state index contributed by atoms with van der Waals surface area (Å²) in [6, 6.07) is 4.98. The Balaban J connectivity index is 3.28. The van der Waals surface area contributed by atoms with Crippen LogP contribution in [-0.4, -0.2) is 33.9 Å². The van der Waals surface area contributed by atoms with Gasteiger partial charge in [0.15, 0.2) is 5.54 Å². The minimum Gasteiger partial charge on any atom is -0.479 e. The van der Waals surface area contributed by atoms with Gasteiger partial charge in [-0.15, -0.1) is 0 Å². The lowest BCUT2D eigenvalue weighted by Crippen LogP contribution is -2.50. The third kappa shape index (κ3) is 1.88. The largest absolute Gasteiger partial charge is 0.479 e. The van der Waals surface area contributed by atoms with Crippen LogP contribution in [0.5, 0.6) is 0 Å². The molecular weight excluding hydrogens is 208 g/mol. The third-order valence-electron chi connectivity index (χ3n) is 2.72. The first-order chi connectivity index (χ1) is 7.40. The molecule has 1 amide bonds. The van der Waals surface area contributed by atoms with E-state index in [1.54, 1.807) is 18.2 Å². The quantitative estimate of drug-likeness (QED) is 0.823. The van der Waals surface area contributed by atoms with Gasteiger partial charge in [0.05, 0.1) is 5.69 Å². The van der Waals surface area contributed by atoms with Gasteiger partial charge in [-0.05, 0) is 19.1 Å². The number of likely N-dealkylation sites (N-methyl/N-ethyl adjacent to an activating group) is 1. The van der Waals surface area contributed by atoms with Gasteiger partial charge in [0.25, 0.3) is 0 Å². The van der Waals surface area contributed by atoms with Crippen molar-refractivity contribution in [1.82, 2.24) is 9.88 Å². The van der Waals surface area contributed by atoms with Crippen molar-refractivity contribution in [3.05, 3.63) is 30.1 Å². The summed E-state index contributed by atoms with van der Waals surface area (Å²) in [4.78, 5) is 27.8. The summed E-state index contributed by atoms with van der Waals surface area (Å²) in [5, 5.41) is 9.27. The Morgan fingerprint density at radius 2 is 2.06 bits per heavy atom. The first-order valence-electron chi connectivity index (χ1n) is 4.80. The highest BCUT2D eigenvalue weighted by Crippen LogP contribution is 2.25. The number of aromatic nitrogens is 1. The summed E-state index contributed by atoms with van der Waals surface area (Å²) in [5.41, 5.74) is -1.10. The molecule has 1 aromatic rings. The Kier molecular flexibility index (Phi) is 3.27. The lowest BCUT2D eigenvalue weighted by atomic mass is 9.95. The normalized spacial score (nSPS) is 13.9. The van der Waals surface area contributed by atoms with E-state index in [-0.39, 0.29) is 5.91 Å². The molecule has 0 aromatic carbocycles. The van der Waals surface area contributed by atoms with Gasteiger partial charge in [-0.1, -0.05) is 6.07 Å². The average Bonchev–Trinajstić information content (AvgIpc) is 2.27. The van der Waals surface area contributed by atoms with Gasteiger partial charge in [0.2, 0.25) is 5.91 Å². The van der Waals surface area contributed by atoms with E-state index in [0.29, 0.717) is 5.69 Å². The standard InChI is InChI=1S/C11H14N2O3/c1-8(14)13(3)11(2,10(15)16)9-6-4-5-7-12-9/h4-7H,1-3H3,(H,15,16). The van der Waals surface area contributed by atoms with Crippen LogP contribution in [0.2, 0.25) is 0 Å². The van der Waals surface area contributed by atoms with E-state index in [9.17, 15) is 14.7 Å². The first-order valence-corrected chi connectivity index (χ1v) is 4.80. The molecule has 1 rings (SSSR count). The Hall–Kier alpha value is -1.91. The molecule has 0 radical (unpaired) electrons. The van der Waals surface area contributed by atoms with Crippen molar-refractivity contribution in [3.63, 3.8) is 0 Å².